The standard InChI is InChI=1S/C42H63N5O11/c1-12-32-42(8)36(47(40(52)58-42)23-54-17-16-46-21-30(44-22-46)29-14-13-15-43-20-29)26(4)33(48)24(2)19-41(7,53-11)37(27(5)34(49)28(6)38(51)56-32)57-39-35(50)31(45(9)10)18-25(3)55-39/h13-15,20-22,24-28,31-32,35-37,39,50H,12,16-19,23H2,1-11H3/t24-,25-,26+,27+,28-,31+,32-,35-,36-,37-,39+,41-,42-/m1/s1. The van der Waals surface area contributed by atoms with Gasteiger partial charge in [0.1, 0.15) is 30.6 Å². The number of methoxy groups -OCH3 is 1. The molecule has 5 heterocycles. The number of pyridine rings is 1. The molecule has 2 aromatic heterocycles. The van der Waals surface area contributed by atoms with Crippen molar-refractivity contribution in [3.8, 4) is 11.3 Å². The van der Waals surface area contributed by atoms with E-state index < -0.39 is 83.4 Å². The van der Waals surface area contributed by atoms with Crippen LogP contribution < -0.4 is 0 Å². The minimum atomic E-state index is -1.48. The number of aliphatic hydroxyl groups excluding tert-OH is 1. The summed E-state index contributed by atoms with van der Waals surface area (Å²) in [6.07, 6.45) is 2.62. The number of aliphatic hydroxyl groups is 1. The predicted octanol–water partition coefficient (Wildman–Crippen LogP) is 4.12. The van der Waals surface area contributed by atoms with Gasteiger partial charge in [-0.2, -0.15) is 0 Å². The summed E-state index contributed by atoms with van der Waals surface area (Å²) in [4.78, 5) is 68.6. The number of hydrogen-bond donors (Lipinski definition) is 1. The van der Waals surface area contributed by atoms with Crippen LogP contribution in [0.25, 0.3) is 11.3 Å². The van der Waals surface area contributed by atoms with Crippen molar-refractivity contribution in [2.24, 2.45) is 23.7 Å². The molecule has 1 N–H and O–H groups in total. The Morgan fingerprint density at radius 2 is 1.78 bits per heavy atom. The number of likely N-dealkylation sites (N-methyl/N-ethyl adjacent to an activating group) is 1. The number of Topliss-reactive ketones (excluding diaryl/α,β-unsaturated/α-hetero) is 2. The Labute approximate surface area is 341 Å². The summed E-state index contributed by atoms with van der Waals surface area (Å²) in [5.41, 5.74) is -1.14. The molecule has 3 fully saturated rings. The number of amides is 1. The number of ether oxygens (including phenoxy) is 6. The molecule has 3 aliphatic rings. The van der Waals surface area contributed by atoms with Gasteiger partial charge in [-0.1, -0.05) is 27.7 Å². The van der Waals surface area contributed by atoms with Crippen molar-refractivity contribution in [2.45, 2.75) is 135 Å². The van der Waals surface area contributed by atoms with Crippen molar-refractivity contribution >= 4 is 23.6 Å². The second-order valence-corrected chi connectivity index (χ2v) is 16.9. The summed E-state index contributed by atoms with van der Waals surface area (Å²) in [6, 6.07) is 2.55. The van der Waals surface area contributed by atoms with Crippen LogP contribution in [0.5, 0.6) is 0 Å². The van der Waals surface area contributed by atoms with Gasteiger partial charge in [-0.25, -0.2) is 9.78 Å². The second kappa shape index (κ2) is 18.6. The molecular formula is C42H63N5O11. The number of carbonyl (C=O) groups is 4. The molecule has 0 saturated carbocycles. The first-order valence-electron chi connectivity index (χ1n) is 20.3. The Kier molecular flexibility index (Phi) is 14.6. The van der Waals surface area contributed by atoms with Crippen molar-refractivity contribution in [3.63, 3.8) is 0 Å². The monoisotopic (exact) mass is 813 g/mol. The molecule has 0 bridgehead atoms. The van der Waals surface area contributed by atoms with E-state index in [0.717, 1.165) is 11.3 Å². The first kappa shape index (κ1) is 45.3. The lowest BCUT2D eigenvalue weighted by atomic mass is 9.73. The molecule has 2 aromatic rings. The molecule has 0 radical (unpaired) electrons. The number of ketones is 2. The minimum Gasteiger partial charge on any atom is -0.458 e. The van der Waals surface area contributed by atoms with Crippen LogP contribution in [0.4, 0.5) is 4.79 Å². The molecule has 322 valence electrons. The molecule has 5 rings (SSSR count). The number of carbonyl (C=O) groups excluding carboxylic acids is 4. The topological polar surface area (TPSA) is 181 Å². The fraction of sp³-hybridized carbons (Fsp3) is 0.714. The molecular weight excluding hydrogens is 750 g/mol. The molecule has 3 saturated heterocycles. The van der Waals surface area contributed by atoms with Crippen molar-refractivity contribution < 1.29 is 52.7 Å². The van der Waals surface area contributed by atoms with Gasteiger partial charge in [-0.3, -0.25) is 24.3 Å². The van der Waals surface area contributed by atoms with E-state index in [1.807, 2.05) is 48.8 Å². The number of hydrogen-bond acceptors (Lipinski definition) is 14. The SMILES string of the molecule is CC[C@H]1OC(=O)[C@H](C)C(=O)[C@H](C)[C@@H](O[C@@H]2O[C@H](C)C[C@H](N(C)C)[C@H]2O)[C@](C)(OC)C[C@@H](C)C(=O)[C@H](C)[C@H]2N(COCCn3cnc(-c4cccnc4)c3)C(=O)O[C@]12C. The average molecular weight is 814 g/mol. The van der Waals surface area contributed by atoms with Crippen LogP contribution in [0.15, 0.2) is 37.1 Å². The average Bonchev–Trinajstić information content (AvgIpc) is 3.78. The number of nitrogens with zero attached hydrogens (tertiary/aromatic N) is 5. The third kappa shape index (κ3) is 9.32. The predicted molar refractivity (Wildman–Crippen MR) is 211 cm³/mol. The normalized spacial score (nSPS) is 36.7. The maximum atomic E-state index is 14.7. The summed E-state index contributed by atoms with van der Waals surface area (Å²) in [7, 11) is 5.21. The van der Waals surface area contributed by atoms with Crippen molar-refractivity contribution in [1.82, 2.24) is 24.3 Å². The van der Waals surface area contributed by atoms with E-state index in [1.165, 1.54) is 18.9 Å². The molecule has 3 aliphatic heterocycles. The van der Waals surface area contributed by atoms with Crippen LogP contribution in [0.2, 0.25) is 0 Å². The first-order valence-corrected chi connectivity index (χ1v) is 20.3. The maximum Gasteiger partial charge on any atom is 0.412 e. The molecule has 13 atom stereocenters. The van der Waals surface area contributed by atoms with Gasteiger partial charge in [0.05, 0.1) is 42.5 Å². The van der Waals surface area contributed by atoms with E-state index in [4.69, 9.17) is 28.4 Å². The maximum absolute atomic E-state index is 14.7. The zero-order valence-corrected chi connectivity index (χ0v) is 35.8. The van der Waals surface area contributed by atoms with Gasteiger partial charge in [0.15, 0.2) is 17.7 Å². The zero-order chi connectivity index (χ0) is 42.7. The largest absolute Gasteiger partial charge is 0.458 e. The Hall–Kier alpha value is -3.80. The number of cyclic esters (lactones) is 1. The Balaban J connectivity index is 1.43. The lowest BCUT2D eigenvalue weighted by molar-refractivity contribution is -0.295. The van der Waals surface area contributed by atoms with Crippen molar-refractivity contribution in [2.75, 3.05) is 34.5 Å². The smallest absolute Gasteiger partial charge is 0.412 e. The number of rotatable bonds is 11. The zero-order valence-electron chi connectivity index (χ0n) is 35.8. The molecule has 16 nitrogen and oxygen atoms in total. The number of imidazole rings is 1. The minimum absolute atomic E-state index is 0.0984. The summed E-state index contributed by atoms with van der Waals surface area (Å²) in [5, 5.41) is 11.4. The van der Waals surface area contributed by atoms with Gasteiger partial charge in [-0.15, -0.1) is 0 Å². The van der Waals surface area contributed by atoms with Crippen LogP contribution in [-0.4, -0.2) is 142 Å². The lowest BCUT2D eigenvalue weighted by Gasteiger charge is -2.47. The van der Waals surface area contributed by atoms with Gasteiger partial charge < -0.3 is 43.0 Å². The van der Waals surface area contributed by atoms with Crippen LogP contribution in [0.3, 0.4) is 0 Å². The lowest BCUT2D eigenvalue weighted by Crippen LogP contribution is -2.60. The first-order chi connectivity index (χ1) is 27.4. The van der Waals surface area contributed by atoms with Crippen LogP contribution in [0, 0.1) is 23.7 Å². The van der Waals surface area contributed by atoms with E-state index in [0.29, 0.717) is 13.0 Å². The van der Waals surface area contributed by atoms with Crippen LogP contribution >= 0.6 is 0 Å². The van der Waals surface area contributed by atoms with Crippen LogP contribution in [-0.2, 0) is 49.3 Å². The summed E-state index contributed by atoms with van der Waals surface area (Å²) in [6.45, 7) is 14.2. The highest BCUT2D eigenvalue weighted by Gasteiger charge is 2.60. The third-order valence-corrected chi connectivity index (χ3v) is 12.5. The quantitative estimate of drug-likeness (QED) is 0.194. The van der Waals surface area contributed by atoms with Gasteiger partial charge in [0.25, 0.3) is 0 Å². The van der Waals surface area contributed by atoms with Gasteiger partial charge in [0, 0.05) is 61.6 Å². The van der Waals surface area contributed by atoms with E-state index in [1.54, 1.807) is 60.3 Å². The highest BCUT2D eigenvalue weighted by Crippen LogP contribution is 2.43. The molecule has 0 aliphatic carbocycles. The molecule has 1 amide bonds. The van der Waals surface area contributed by atoms with E-state index >= 15 is 0 Å². The third-order valence-electron chi connectivity index (χ3n) is 12.5. The molecule has 0 unspecified atom stereocenters. The van der Waals surface area contributed by atoms with Gasteiger partial charge in [0.2, 0.25) is 0 Å². The number of aromatic nitrogens is 3. The Bertz CT molecular complexity index is 1740. The summed E-state index contributed by atoms with van der Waals surface area (Å²) in [5.74, 6) is -5.22. The van der Waals surface area contributed by atoms with Gasteiger partial charge >= 0.3 is 12.1 Å². The second-order valence-electron chi connectivity index (χ2n) is 16.9. The van der Waals surface area contributed by atoms with Crippen molar-refractivity contribution in [1.29, 1.82) is 0 Å². The van der Waals surface area contributed by atoms with E-state index in [2.05, 4.69) is 9.97 Å². The van der Waals surface area contributed by atoms with Crippen molar-refractivity contribution in [3.05, 3.63) is 37.1 Å². The fourth-order valence-electron chi connectivity index (χ4n) is 9.09. The Morgan fingerprint density at radius 3 is 2.41 bits per heavy atom. The molecule has 16 heteroatoms. The van der Waals surface area contributed by atoms with E-state index in [-0.39, 0.29) is 44.1 Å². The number of fused-ring (bicyclic) bond motifs is 1. The summed E-state index contributed by atoms with van der Waals surface area (Å²) < 4.78 is 39.0. The summed E-state index contributed by atoms with van der Waals surface area (Å²) >= 11 is 0. The Morgan fingerprint density at radius 1 is 1.05 bits per heavy atom. The highest BCUT2D eigenvalue weighted by molar-refractivity contribution is 6.00. The highest BCUT2D eigenvalue weighted by atomic mass is 16.7. The van der Waals surface area contributed by atoms with Gasteiger partial charge in [-0.05, 0) is 73.2 Å². The fourth-order valence-corrected chi connectivity index (χ4v) is 9.09. The molecule has 58 heavy (non-hydrogen) atoms. The van der Waals surface area contributed by atoms with E-state index in [9.17, 15) is 24.3 Å². The molecule has 0 aromatic carbocycles. The molecule has 0 spiro atoms. The van der Waals surface area contributed by atoms with Crippen LogP contribution in [0.1, 0.15) is 74.7 Å². The number of esters is 1.